The molecule has 1 aromatic carbocycles. The number of aromatic nitrogens is 1. The number of nitrogens with one attached hydrogen (secondary N) is 1. The maximum atomic E-state index is 12.2. The van der Waals surface area contributed by atoms with Gasteiger partial charge < -0.3 is 10.1 Å². The number of anilines is 1. The SMILES string of the molecule is COc1c(C(=O)Nc2cccnc2Cl)cccc1[N+](=O)[O-]. The lowest BCUT2D eigenvalue weighted by molar-refractivity contribution is -0.385. The van der Waals surface area contributed by atoms with Crippen molar-refractivity contribution in [3.63, 3.8) is 0 Å². The zero-order chi connectivity index (χ0) is 15.4. The number of halogens is 1. The zero-order valence-corrected chi connectivity index (χ0v) is 11.6. The van der Waals surface area contributed by atoms with Crippen molar-refractivity contribution >= 4 is 28.9 Å². The predicted octanol–water partition coefficient (Wildman–Crippen LogP) is 2.90. The molecule has 0 aliphatic heterocycles. The monoisotopic (exact) mass is 307 g/mol. The quantitative estimate of drug-likeness (QED) is 0.532. The van der Waals surface area contributed by atoms with E-state index in [0.29, 0.717) is 5.69 Å². The number of para-hydroxylation sites is 1. The topological polar surface area (TPSA) is 94.4 Å². The van der Waals surface area contributed by atoms with Crippen LogP contribution in [0.5, 0.6) is 5.75 Å². The van der Waals surface area contributed by atoms with Gasteiger partial charge >= 0.3 is 5.69 Å². The molecule has 1 aromatic heterocycles. The lowest BCUT2D eigenvalue weighted by Crippen LogP contribution is -2.14. The van der Waals surface area contributed by atoms with Gasteiger partial charge in [-0.25, -0.2) is 4.98 Å². The van der Waals surface area contributed by atoms with Crippen LogP contribution in [0.15, 0.2) is 36.5 Å². The number of carbonyl (C=O) groups excluding carboxylic acids is 1. The van der Waals surface area contributed by atoms with Crippen molar-refractivity contribution in [3.8, 4) is 5.75 Å². The highest BCUT2D eigenvalue weighted by molar-refractivity contribution is 6.32. The molecule has 0 saturated carbocycles. The molecule has 21 heavy (non-hydrogen) atoms. The molecule has 0 saturated heterocycles. The summed E-state index contributed by atoms with van der Waals surface area (Å²) in [6, 6.07) is 7.25. The zero-order valence-electron chi connectivity index (χ0n) is 10.9. The van der Waals surface area contributed by atoms with Gasteiger partial charge in [0.2, 0.25) is 5.75 Å². The highest BCUT2D eigenvalue weighted by Crippen LogP contribution is 2.31. The first-order valence-corrected chi connectivity index (χ1v) is 6.15. The first-order chi connectivity index (χ1) is 10.0. The molecule has 2 aromatic rings. The van der Waals surface area contributed by atoms with E-state index in [9.17, 15) is 14.9 Å². The van der Waals surface area contributed by atoms with Gasteiger partial charge in [-0.05, 0) is 18.2 Å². The van der Waals surface area contributed by atoms with Crippen LogP contribution in [0, 0.1) is 10.1 Å². The molecule has 108 valence electrons. The third kappa shape index (κ3) is 3.09. The van der Waals surface area contributed by atoms with Gasteiger partial charge in [-0.15, -0.1) is 0 Å². The van der Waals surface area contributed by atoms with Crippen LogP contribution in [0.2, 0.25) is 5.15 Å². The van der Waals surface area contributed by atoms with E-state index < -0.39 is 10.8 Å². The van der Waals surface area contributed by atoms with Gasteiger partial charge in [-0.1, -0.05) is 17.7 Å². The molecule has 1 heterocycles. The maximum Gasteiger partial charge on any atom is 0.311 e. The molecular weight excluding hydrogens is 298 g/mol. The van der Waals surface area contributed by atoms with E-state index in [1.165, 1.54) is 31.5 Å². The van der Waals surface area contributed by atoms with Crippen molar-refractivity contribution in [2.75, 3.05) is 12.4 Å². The van der Waals surface area contributed by atoms with Crippen LogP contribution >= 0.6 is 11.6 Å². The number of ether oxygens (including phenoxy) is 1. The minimum atomic E-state index is -0.618. The summed E-state index contributed by atoms with van der Waals surface area (Å²) in [5, 5.41) is 13.6. The van der Waals surface area contributed by atoms with Crippen molar-refractivity contribution in [2.24, 2.45) is 0 Å². The summed E-state index contributed by atoms with van der Waals surface area (Å²) in [5.41, 5.74) is 0.0479. The molecule has 0 unspecified atom stereocenters. The second kappa shape index (κ2) is 6.19. The number of methoxy groups -OCH3 is 1. The van der Waals surface area contributed by atoms with Gasteiger partial charge in [0.05, 0.1) is 23.3 Å². The second-order valence-electron chi connectivity index (χ2n) is 3.91. The molecule has 0 fully saturated rings. The Bertz CT molecular complexity index is 706. The number of amides is 1. The fraction of sp³-hybridized carbons (Fsp3) is 0.0769. The highest BCUT2D eigenvalue weighted by atomic mass is 35.5. The number of hydrogen-bond acceptors (Lipinski definition) is 5. The Morgan fingerprint density at radius 1 is 1.38 bits per heavy atom. The van der Waals surface area contributed by atoms with Gasteiger partial charge in [-0.2, -0.15) is 0 Å². The third-order valence-corrected chi connectivity index (χ3v) is 2.95. The molecule has 0 atom stereocenters. The van der Waals surface area contributed by atoms with Crippen LogP contribution in [0.3, 0.4) is 0 Å². The Kier molecular flexibility index (Phi) is 4.34. The average Bonchev–Trinajstić information content (AvgIpc) is 2.48. The molecule has 0 radical (unpaired) electrons. The molecule has 1 N–H and O–H groups in total. The minimum absolute atomic E-state index is 0.0339. The van der Waals surface area contributed by atoms with Gasteiger partial charge in [0, 0.05) is 12.3 Å². The third-order valence-electron chi connectivity index (χ3n) is 2.65. The minimum Gasteiger partial charge on any atom is -0.490 e. The largest absolute Gasteiger partial charge is 0.490 e. The number of benzene rings is 1. The van der Waals surface area contributed by atoms with Crippen LogP contribution in [-0.4, -0.2) is 22.9 Å². The van der Waals surface area contributed by atoms with Crippen LogP contribution in [0.25, 0.3) is 0 Å². The van der Waals surface area contributed by atoms with Gasteiger partial charge in [-0.3, -0.25) is 14.9 Å². The van der Waals surface area contributed by atoms with E-state index in [1.807, 2.05) is 0 Å². The molecule has 0 spiro atoms. The first-order valence-electron chi connectivity index (χ1n) is 5.78. The fourth-order valence-electron chi connectivity index (χ4n) is 1.73. The number of nitrogens with zero attached hydrogens (tertiary/aromatic N) is 2. The smallest absolute Gasteiger partial charge is 0.311 e. The van der Waals surface area contributed by atoms with Crippen LogP contribution < -0.4 is 10.1 Å². The summed E-state index contributed by atoms with van der Waals surface area (Å²) in [7, 11) is 1.26. The number of hydrogen-bond donors (Lipinski definition) is 1. The number of rotatable bonds is 4. The van der Waals surface area contributed by atoms with Crippen LogP contribution in [-0.2, 0) is 0 Å². The summed E-state index contributed by atoms with van der Waals surface area (Å²) in [6.07, 6.45) is 1.48. The van der Waals surface area contributed by atoms with E-state index in [4.69, 9.17) is 16.3 Å². The van der Waals surface area contributed by atoms with E-state index in [1.54, 1.807) is 12.1 Å². The summed E-state index contributed by atoms with van der Waals surface area (Å²) < 4.78 is 4.98. The van der Waals surface area contributed by atoms with Gasteiger partial charge in [0.1, 0.15) is 0 Å². The van der Waals surface area contributed by atoms with Crippen LogP contribution in [0.4, 0.5) is 11.4 Å². The number of pyridine rings is 1. The van der Waals surface area contributed by atoms with Gasteiger partial charge in [0.15, 0.2) is 5.15 Å². The summed E-state index contributed by atoms with van der Waals surface area (Å²) in [6.45, 7) is 0. The molecule has 0 aliphatic rings. The Balaban J connectivity index is 2.38. The lowest BCUT2D eigenvalue weighted by atomic mass is 10.1. The Morgan fingerprint density at radius 2 is 2.14 bits per heavy atom. The highest BCUT2D eigenvalue weighted by Gasteiger charge is 2.22. The molecule has 7 nitrogen and oxygen atoms in total. The predicted molar refractivity (Wildman–Crippen MR) is 76.8 cm³/mol. The van der Waals surface area contributed by atoms with Gasteiger partial charge in [0.25, 0.3) is 5.91 Å². The average molecular weight is 308 g/mol. The molecular formula is C13H10ClN3O4. The van der Waals surface area contributed by atoms with Crippen molar-refractivity contribution in [1.82, 2.24) is 4.98 Å². The molecule has 2 rings (SSSR count). The van der Waals surface area contributed by atoms with Crippen molar-refractivity contribution in [1.29, 1.82) is 0 Å². The summed E-state index contributed by atoms with van der Waals surface area (Å²) in [5.74, 6) is -0.689. The number of carbonyl (C=O) groups is 1. The van der Waals surface area contributed by atoms with E-state index >= 15 is 0 Å². The Labute approximate surface area is 124 Å². The van der Waals surface area contributed by atoms with E-state index in [0.717, 1.165) is 0 Å². The number of nitro groups is 1. The Morgan fingerprint density at radius 3 is 2.76 bits per heavy atom. The van der Waals surface area contributed by atoms with Crippen molar-refractivity contribution in [2.45, 2.75) is 0 Å². The Hall–Kier alpha value is -2.67. The summed E-state index contributed by atoms with van der Waals surface area (Å²) in [4.78, 5) is 26.4. The first kappa shape index (κ1) is 14.7. The second-order valence-corrected chi connectivity index (χ2v) is 4.27. The fourth-order valence-corrected chi connectivity index (χ4v) is 1.90. The summed E-state index contributed by atoms with van der Waals surface area (Å²) >= 11 is 5.85. The lowest BCUT2D eigenvalue weighted by Gasteiger charge is -2.10. The standard InChI is InChI=1S/C13H10ClN3O4/c1-21-11-8(4-2-6-10(11)17(19)20)13(18)16-9-5-3-7-15-12(9)14/h2-7H,1H3,(H,16,18). The molecule has 0 aliphatic carbocycles. The maximum absolute atomic E-state index is 12.2. The number of nitro benzene ring substituents is 1. The van der Waals surface area contributed by atoms with Crippen LogP contribution in [0.1, 0.15) is 10.4 Å². The van der Waals surface area contributed by atoms with Crippen molar-refractivity contribution < 1.29 is 14.5 Å². The van der Waals surface area contributed by atoms with E-state index in [-0.39, 0.29) is 22.2 Å². The molecule has 1 amide bonds. The van der Waals surface area contributed by atoms with Crippen molar-refractivity contribution in [3.05, 3.63) is 57.4 Å². The normalized spacial score (nSPS) is 10.0. The molecule has 0 bridgehead atoms. The van der Waals surface area contributed by atoms with E-state index in [2.05, 4.69) is 10.3 Å². The molecule has 8 heteroatoms.